The molecule has 3 heterocycles. The van der Waals surface area contributed by atoms with Gasteiger partial charge in [-0.05, 0) is 38.4 Å². The number of benzene rings is 1. The number of anilines is 1. The van der Waals surface area contributed by atoms with Crippen molar-refractivity contribution in [2.24, 2.45) is 0 Å². The Morgan fingerprint density at radius 2 is 1.97 bits per heavy atom. The smallest absolute Gasteiger partial charge is 0.245 e. The van der Waals surface area contributed by atoms with Crippen molar-refractivity contribution in [1.82, 2.24) is 19.2 Å². The Labute approximate surface area is 177 Å². The number of hydrogen-bond acceptors (Lipinski definition) is 6. The van der Waals surface area contributed by atoms with Crippen LogP contribution in [0.3, 0.4) is 0 Å². The lowest BCUT2D eigenvalue weighted by atomic mass is 10.0. The summed E-state index contributed by atoms with van der Waals surface area (Å²) in [6.07, 6.45) is 3.33. The molecule has 156 valence electrons. The number of nitrogens with one attached hydrogen (secondary N) is 1. The van der Waals surface area contributed by atoms with Crippen LogP contribution in [0.15, 0.2) is 29.2 Å². The van der Waals surface area contributed by atoms with Crippen molar-refractivity contribution in [2.45, 2.75) is 43.2 Å². The van der Waals surface area contributed by atoms with E-state index in [1.54, 1.807) is 24.3 Å². The fraction of sp³-hybridized carbons (Fsp3) is 0.500. The van der Waals surface area contributed by atoms with Crippen LogP contribution in [-0.2, 0) is 23.0 Å². The van der Waals surface area contributed by atoms with Gasteiger partial charge in [-0.3, -0.25) is 0 Å². The minimum absolute atomic E-state index is 0.139. The number of rotatable bonds is 4. The molecule has 4 rings (SSSR count). The Hall–Kier alpha value is -1.74. The van der Waals surface area contributed by atoms with Gasteiger partial charge in [-0.2, -0.15) is 4.31 Å². The van der Waals surface area contributed by atoms with E-state index in [1.807, 2.05) is 7.05 Å². The minimum Gasteiger partial charge on any atom is -0.373 e. The van der Waals surface area contributed by atoms with Crippen molar-refractivity contribution in [3.8, 4) is 0 Å². The quantitative estimate of drug-likeness (QED) is 0.795. The highest BCUT2D eigenvalue weighted by molar-refractivity contribution is 7.89. The highest BCUT2D eigenvalue weighted by atomic mass is 35.5. The Balaban J connectivity index is 1.77. The van der Waals surface area contributed by atoms with Crippen molar-refractivity contribution in [1.29, 1.82) is 0 Å². The molecular weight excluding hydrogens is 410 g/mol. The lowest BCUT2D eigenvalue weighted by Crippen LogP contribution is -2.40. The van der Waals surface area contributed by atoms with Gasteiger partial charge in [-0.25, -0.2) is 18.4 Å². The topological polar surface area (TPSA) is 78.4 Å². The second-order valence-electron chi connectivity index (χ2n) is 7.65. The Morgan fingerprint density at radius 3 is 2.72 bits per heavy atom. The van der Waals surface area contributed by atoms with Gasteiger partial charge in [0, 0.05) is 32.2 Å². The van der Waals surface area contributed by atoms with Crippen molar-refractivity contribution < 1.29 is 8.42 Å². The van der Waals surface area contributed by atoms with E-state index in [2.05, 4.69) is 17.3 Å². The number of aromatic nitrogens is 2. The first-order valence-corrected chi connectivity index (χ1v) is 11.8. The lowest BCUT2D eigenvalue weighted by Gasteiger charge is -2.35. The van der Waals surface area contributed by atoms with Gasteiger partial charge in [0.1, 0.15) is 16.5 Å². The number of sulfonamides is 1. The third-order valence-corrected chi connectivity index (χ3v) is 8.09. The molecular formula is C20H26ClN5O2S. The average Bonchev–Trinajstić information content (AvgIpc) is 2.72. The molecule has 9 heteroatoms. The Kier molecular flexibility index (Phi) is 5.79. The number of likely N-dealkylation sites (N-methyl/N-ethyl adjacent to an activating group) is 1. The monoisotopic (exact) mass is 435 g/mol. The fourth-order valence-electron chi connectivity index (χ4n) is 4.17. The molecule has 7 nitrogen and oxygen atoms in total. The number of fused-ring (bicyclic) bond motifs is 1. The summed E-state index contributed by atoms with van der Waals surface area (Å²) in [4.78, 5) is 12.0. The molecule has 0 aliphatic carbocycles. The largest absolute Gasteiger partial charge is 0.373 e. The van der Waals surface area contributed by atoms with Crippen LogP contribution in [0.4, 0.5) is 5.82 Å². The third kappa shape index (κ3) is 3.86. The summed E-state index contributed by atoms with van der Waals surface area (Å²) in [6, 6.07) is 6.21. The van der Waals surface area contributed by atoms with E-state index in [9.17, 15) is 8.42 Å². The van der Waals surface area contributed by atoms with Gasteiger partial charge < -0.3 is 10.2 Å². The molecule has 2 aliphatic rings. The second-order valence-corrected chi connectivity index (χ2v) is 9.92. The zero-order valence-electron chi connectivity index (χ0n) is 16.7. The van der Waals surface area contributed by atoms with Crippen molar-refractivity contribution >= 4 is 27.4 Å². The maximum absolute atomic E-state index is 13.4. The predicted octanol–water partition coefficient (Wildman–Crippen LogP) is 3.08. The zero-order chi connectivity index (χ0) is 20.6. The second kappa shape index (κ2) is 8.18. The summed E-state index contributed by atoms with van der Waals surface area (Å²) in [7, 11) is 0.168. The molecule has 1 saturated heterocycles. The van der Waals surface area contributed by atoms with Crippen LogP contribution in [0.5, 0.6) is 0 Å². The standard InChI is InChI=1S/C20H26ClN5O2S/c1-22-19-14-10-12-25(2)13-16(14)23-20(24-19)17-8-5-6-11-26(17)29(27,28)18-9-4-3-7-15(18)21/h3-4,7,9,17H,5-6,8,10-13H2,1-2H3,(H,22,23,24). The predicted molar refractivity (Wildman–Crippen MR) is 114 cm³/mol. The summed E-state index contributed by atoms with van der Waals surface area (Å²) >= 11 is 6.23. The van der Waals surface area contributed by atoms with E-state index in [0.29, 0.717) is 18.8 Å². The minimum atomic E-state index is -3.75. The van der Waals surface area contributed by atoms with Crippen molar-refractivity contribution in [3.05, 3.63) is 46.4 Å². The first-order valence-electron chi connectivity index (χ1n) is 9.94. The molecule has 1 aromatic heterocycles. The van der Waals surface area contributed by atoms with Crippen LogP contribution in [0.2, 0.25) is 5.02 Å². The molecule has 1 fully saturated rings. The number of nitrogens with zero attached hydrogens (tertiary/aromatic N) is 4. The molecule has 0 amide bonds. The zero-order valence-corrected chi connectivity index (χ0v) is 18.3. The van der Waals surface area contributed by atoms with E-state index in [1.165, 1.54) is 4.31 Å². The average molecular weight is 436 g/mol. The van der Waals surface area contributed by atoms with E-state index in [4.69, 9.17) is 21.6 Å². The van der Waals surface area contributed by atoms with E-state index >= 15 is 0 Å². The number of halogens is 1. The van der Waals surface area contributed by atoms with Crippen LogP contribution >= 0.6 is 11.6 Å². The van der Waals surface area contributed by atoms with Crippen molar-refractivity contribution in [2.75, 3.05) is 32.5 Å². The maximum atomic E-state index is 13.4. The number of piperidine rings is 1. The fourth-order valence-corrected chi connectivity index (χ4v) is 6.32. The van der Waals surface area contributed by atoms with Crippen LogP contribution in [0, 0.1) is 0 Å². The first-order chi connectivity index (χ1) is 13.9. The first kappa shape index (κ1) is 20.5. The SMILES string of the molecule is CNc1nc(C2CCCCN2S(=O)(=O)c2ccccc2Cl)nc2c1CCN(C)C2. The highest BCUT2D eigenvalue weighted by Crippen LogP contribution is 2.37. The number of hydrogen-bond donors (Lipinski definition) is 1. The summed E-state index contributed by atoms with van der Waals surface area (Å²) in [5.41, 5.74) is 2.11. The molecule has 1 atom stereocenters. The molecule has 0 spiro atoms. The van der Waals surface area contributed by atoms with Gasteiger partial charge in [-0.1, -0.05) is 30.2 Å². The maximum Gasteiger partial charge on any atom is 0.245 e. The molecule has 2 aliphatic heterocycles. The van der Waals surface area contributed by atoms with Crippen LogP contribution in [-0.4, -0.2) is 54.8 Å². The summed E-state index contributed by atoms with van der Waals surface area (Å²) in [5.74, 6) is 1.37. The molecule has 0 radical (unpaired) electrons. The summed E-state index contributed by atoms with van der Waals surface area (Å²) in [5, 5.41) is 3.42. The van der Waals surface area contributed by atoms with E-state index in [0.717, 1.165) is 49.4 Å². The highest BCUT2D eigenvalue weighted by Gasteiger charge is 2.37. The molecule has 29 heavy (non-hydrogen) atoms. The van der Waals surface area contributed by atoms with Gasteiger partial charge in [-0.15, -0.1) is 0 Å². The Morgan fingerprint density at radius 1 is 1.17 bits per heavy atom. The van der Waals surface area contributed by atoms with Crippen LogP contribution in [0.25, 0.3) is 0 Å². The van der Waals surface area contributed by atoms with Gasteiger partial charge in [0.25, 0.3) is 0 Å². The molecule has 1 N–H and O–H groups in total. The molecule has 0 bridgehead atoms. The van der Waals surface area contributed by atoms with Crippen molar-refractivity contribution in [3.63, 3.8) is 0 Å². The molecule has 1 unspecified atom stereocenters. The van der Waals surface area contributed by atoms with Gasteiger partial charge in [0.05, 0.1) is 16.8 Å². The summed E-state index contributed by atoms with van der Waals surface area (Å²) in [6.45, 7) is 2.14. The van der Waals surface area contributed by atoms with Crippen LogP contribution < -0.4 is 5.32 Å². The molecule has 1 aromatic carbocycles. The van der Waals surface area contributed by atoms with Gasteiger partial charge >= 0.3 is 0 Å². The van der Waals surface area contributed by atoms with Gasteiger partial charge in [0.2, 0.25) is 10.0 Å². The van der Waals surface area contributed by atoms with E-state index < -0.39 is 16.1 Å². The normalized spacial score (nSPS) is 21.0. The molecule has 0 saturated carbocycles. The Bertz CT molecular complexity index is 1010. The third-order valence-electron chi connectivity index (χ3n) is 5.69. The van der Waals surface area contributed by atoms with Gasteiger partial charge in [0.15, 0.2) is 0 Å². The molecule has 2 aromatic rings. The van der Waals surface area contributed by atoms with E-state index in [-0.39, 0.29) is 9.92 Å². The summed E-state index contributed by atoms with van der Waals surface area (Å²) < 4.78 is 28.4. The lowest BCUT2D eigenvalue weighted by molar-refractivity contribution is 0.244. The van der Waals surface area contributed by atoms with Crippen LogP contribution in [0.1, 0.15) is 42.4 Å².